The maximum atomic E-state index is 13.8. The minimum Gasteiger partial charge on any atom is -0.507 e. The highest BCUT2D eigenvalue weighted by molar-refractivity contribution is 8.00. The Morgan fingerprint density at radius 2 is 1.56 bits per heavy atom. The van der Waals surface area contributed by atoms with Crippen molar-refractivity contribution in [2.45, 2.75) is 29.7 Å². The van der Waals surface area contributed by atoms with Gasteiger partial charge in [-0.15, -0.1) is 10.2 Å². The minimum absolute atomic E-state index is 0.140. The normalized spacial score (nSPS) is 15.3. The van der Waals surface area contributed by atoms with Gasteiger partial charge in [-0.05, 0) is 71.6 Å². The van der Waals surface area contributed by atoms with Crippen molar-refractivity contribution in [2.75, 3.05) is 26.2 Å². The summed E-state index contributed by atoms with van der Waals surface area (Å²) >= 11 is 8.89. The molecule has 1 atom stereocenters. The number of aliphatic hydroxyl groups excluding tert-OH is 1. The first kappa shape index (κ1) is 34.8. The second kappa shape index (κ2) is 15.2. The summed E-state index contributed by atoms with van der Waals surface area (Å²) in [5.74, 6) is -0.106. The van der Waals surface area contributed by atoms with Crippen molar-refractivity contribution in [3.63, 3.8) is 0 Å². The van der Waals surface area contributed by atoms with Crippen molar-refractivity contribution in [1.82, 2.24) is 10.2 Å². The van der Waals surface area contributed by atoms with E-state index in [0.29, 0.717) is 55.8 Å². The molecule has 50 heavy (non-hydrogen) atoms. The molecule has 1 aromatic heterocycles. The van der Waals surface area contributed by atoms with Gasteiger partial charge in [-0.3, -0.25) is 14.5 Å². The summed E-state index contributed by atoms with van der Waals surface area (Å²) in [7, 11) is 4.41. The maximum absolute atomic E-state index is 13.8. The highest BCUT2D eigenvalue weighted by atomic mass is 35.5. The minimum atomic E-state index is -1.12. The number of carbonyl (C=O) groups excluding carboxylic acids is 2. The van der Waals surface area contributed by atoms with E-state index in [4.69, 9.17) is 30.5 Å². The molecule has 1 aliphatic heterocycles. The van der Waals surface area contributed by atoms with Crippen molar-refractivity contribution in [3.8, 4) is 23.0 Å². The Bertz CT molecular complexity index is 2060. The number of thioether (sulfide) groups is 1. The van der Waals surface area contributed by atoms with Crippen LogP contribution in [-0.4, -0.2) is 48.3 Å². The van der Waals surface area contributed by atoms with Crippen molar-refractivity contribution >= 4 is 57.3 Å². The fraction of sp³-hybridized carbons (Fsp3) is 0.189. The average molecular weight is 730 g/mol. The fourth-order valence-electron chi connectivity index (χ4n) is 5.52. The first-order chi connectivity index (χ1) is 24.2. The lowest BCUT2D eigenvalue weighted by Crippen LogP contribution is -2.29. The van der Waals surface area contributed by atoms with Crippen LogP contribution in [0, 0.1) is 6.92 Å². The molecule has 256 valence electrons. The molecule has 2 heterocycles. The van der Waals surface area contributed by atoms with Gasteiger partial charge in [0.2, 0.25) is 10.9 Å². The number of hydrogen-bond donors (Lipinski definition) is 1. The highest BCUT2D eigenvalue weighted by Gasteiger charge is 2.49. The van der Waals surface area contributed by atoms with Crippen LogP contribution < -0.4 is 23.8 Å². The molecule has 10 nitrogen and oxygen atoms in total. The van der Waals surface area contributed by atoms with E-state index in [1.54, 1.807) is 36.4 Å². The van der Waals surface area contributed by atoms with Crippen LogP contribution in [0.1, 0.15) is 33.9 Å². The monoisotopic (exact) mass is 729 g/mol. The summed E-state index contributed by atoms with van der Waals surface area (Å²) in [5.41, 5.74) is 3.67. The molecule has 1 saturated heterocycles. The molecule has 6 rings (SSSR count). The topological polar surface area (TPSA) is 120 Å². The van der Waals surface area contributed by atoms with Gasteiger partial charge >= 0.3 is 5.91 Å². The predicted octanol–water partition coefficient (Wildman–Crippen LogP) is 8.02. The predicted molar refractivity (Wildman–Crippen MR) is 194 cm³/mol. The van der Waals surface area contributed by atoms with E-state index >= 15 is 0 Å². The number of amides is 1. The zero-order valence-corrected chi connectivity index (χ0v) is 29.9. The Labute approximate surface area is 302 Å². The lowest BCUT2D eigenvalue weighted by molar-refractivity contribution is -0.132. The Morgan fingerprint density at radius 3 is 2.20 bits per heavy atom. The molecule has 0 saturated carbocycles. The Morgan fingerprint density at radius 1 is 0.900 bits per heavy atom. The molecule has 13 heteroatoms. The molecule has 1 amide bonds. The number of carbonyl (C=O) groups is 2. The molecular formula is C37H32ClN3O7S2. The van der Waals surface area contributed by atoms with Crippen LogP contribution >= 0.6 is 34.7 Å². The summed E-state index contributed by atoms with van der Waals surface area (Å²) in [5, 5.41) is 21.1. The van der Waals surface area contributed by atoms with Crippen LogP contribution in [0.4, 0.5) is 5.13 Å². The largest absolute Gasteiger partial charge is 0.507 e. The second-order valence-corrected chi connectivity index (χ2v) is 13.7. The van der Waals surface area contributed by atoms with E-state index in [-0.39, 0.29) is 16.5 Å². The zero-order valence-electron chi connectivity index (χ0n) is 27.5. The third-order valence-corrected chi connectivity index (χ3v) is 10.6. The number of hydrogen-bond acceptors (Lipinski definition) is 11. The maximum Gasteiger partial charge on any atom is 0.301 e. The first-order valence-corrected chi connectivity index (χ1v) is 17.5. The van der Waals surface area contributed by atoms with Gasteiger partial charge in [0.05, 0.1) is 32.9 Å². The number of aliphatic hydroxyl groups is 1. The number of anilines is 1. The quantitative estimate of drug-likeness (QED) is 0.0444. The molecule has 4 aromatic carbocycles. The van der Waals surface area contributed by atoms with Gasteiger partial charge < -0.3 is 24.1 Å². The van der Waals surface area contributed by atoms with Crippen molar-refractivity contribution < 1.29 is 33.6 Å². The van der Waals surface area contributed by atoms with Crippen molar-refractivity contribution in [3.05, 3.63) is 123 Å². The zero-order chi connectivity index (χ0) is 35.4. The number of rotatable bonds is 12. The van der Waals surface area contributed by atoms with Gasteiger partial charge in [-0.2, -0.15) is 0 Å². The van der Waals surface area contributed by atoms with Crippen LogP contribution in [0.3, 0.4) is 0 Å². The number of Topliss-reactive ketones (excluding diaryl/α,β-unsaturated/α-hetero) is 1. The standard InChI is InChI=1S/C37H32ClN3O7S2/c1-21-9-5-6-10-23(21)19-48-26-15-13-22(14-16-26)32(42)30-31(25-17-28(45-2)34(47-4)29(18-25)46-3)41(35(44)33(30)43)36-39-40-37(50-36)49-20-24-11-7-8-12-27(24)38/h5-18,31,42H,19-20H2,1-4H3/b32-30+. The highest BCUT2D eigenvalue weighted by Crippen LogP contribution is 2.48. The number of aromatic nitrogens is 2. The molecular weight excluding hydrogens is 698 g/mol. The van der Waals surface area contributed by atoms with Gasteiger partial charge in [-0.1, -0.05) is 77.2 Å². The van der Waals surface area contributed by atoms with Gasteiger partial charge in [0.15, 0.2) is 15.8 Å². The lowest BCUT2D eigenvalue weighted by Gasteiger charge is -2.24. The summed E-state index contributed by atoms with van der Waals surface area (Å²) in [6.07, 6.45) is 0. The summed E-state index contributed by atoms with van der Waals surface area (Å²) in [4.78, 5) is 28.9. The van der Waals surface area contributed by atoms with Crippen LogP contribution in [0.25, 0.3) is 5.76 Å². The van der Waals surface area contributed by atoms with Gasteiger partial charge in [0.25, 0.3) is 5.78 Å². The molecule has 1 aliphatic rings. The van der Waals surface area contributed by atoms with E-state index in [2.05, 4.69) is 10.2 Å². The third kappa shape index (κ3) is 7.00. The second-order valence-electron chi connectivity index (χ2n) is 11.1. The van der Waals surface area contributed by atoms with Crippen LogP contribution in [0.5, 0.6) is 23.0 Å². The Kier molecular flexibility index (Phi) is 10.6. The van der Waals surface area contributed by atoms with E-state index in [9.17, 15) is 14.7 Å². The van der Waals surface area contributed by atoms with E-state index < -0.39 is 17.7 Å². The molecule has 0 bridgehead atoms. The van der Waals surface area contributed by atoms with E-state index in [1.165, 1.54) is 38.0 Å². The molecule has 0 aliphatic carbocycles. The number of ether oxygens (including phenoxy) is 4. The number of benzene rings is 4. The number of ketones is 1. The van der Waals surface area contributed by atoms with Crippen molar-refractivity contribution in [2.24, 2.45) is 0 Å². The van der Waals surface area contributed by atoms with Crippen LogP contribution in [0.2, 0.25) is 5.02 Å². The number of halogens is 1. The first-order valence-electron chi connectivity index (χ1n) is 15.3. The summed E-state index contributed by atoms with van der Waals surface area (Å²) in [6.45, 7) is 2.38. The number of aryl methyl sites for hydroxylation is 1. The van der Waals surface area contributed by atoms with Crippen LogP contribution in [0.15, 0.2) is 94.8 Å². The molecule has 1 unspecified atom stereocenters. The van der Waals surface area contributed by atoms with E-state index in [0.717, 1.165) is 28.0 Å². The SMILES string of the molecule is COc1cc(C2/C(=C(\O)c3ccc(OCc4ccccc4C)cc3)C(=O)C(=O)N2c2nnc(SCc3ccccc3Cl)s2)cc(OC)c1OC. The van der Waals surface area contributed by atoms with Gasteiger partial charge in [0, 0.05) is 16.3 Å². The molecule has 1 N–H and O–H groups in total. The Hall–Kier alpha value is -5.04. The van der Waals surface area contributed by atoms with Gasteiger partial charge in [0.1, 0.15) is 18.1 Å². The number of nitrogens with zero attached hydrogens (tertiary/aromatic N) is 3. The van der Waals surface area contributed by atoms with Crippen LogP contribution in [-0.2, 0) is 21.9 Å². The lowest BCUT2D eigenvalue weighted by atomic mass is 9.94. The molecule has 0 spiro atoms. The fourth-order valence-corrected chi connectivity index (χ4v) is 7.67. The Balaban J connectivity index is 1.38. The smallest absolute Gasteiger partial charge is 0.301 e. The summed E-state index contributed by atoms with van der Waals surface area (Å²) in [6, 6.07) is 24.2. The molecule has 5 aromatic rings. The third-order valence-electron chi connectivity index (χ3n) is 8.14. The number of methoxy groups -OCH3 is 3. The summed E-state index contributed by atoms with van der Waals surface area (Å²) < 4.78 is 23.2. The van der Waals surface area contributed by atoms with Crippen molar-refractivity contribution in [1.29, 1.82) is 0 Å². The molecule has 1 fully saturated rings. The average Bonchev–Trinajstić information content (AvgIpc) is 3.71. The van der Waals surface area contributed by atoms with Gasteiger partial charge in [-0.25, -0.2) is 0 Å². The van der Waals surface area contributed by atoms with E-state index in [1.807, 2.05) is 55.5 Å². The molecule has 0 radical (unpaired) electrons.